The number of hydrogen-bond donors (Lipinski definition) is 2. The zero-order chi connectivity index (χ0) is 16.6. The van der Waals surface area contributed by atoms with Crippen LogP contribution in [0.3, 0.4) is 0 Å². The fourth-order valence-electron chi connectivity index (χ4n) is 2.42. The molecule has 0 aliphatic rings. The largest absolute Gasteiger partial charge is 0.381 e. The number of thiol groups is 1. The van der Waals surface area contributed by atoms with Crippen LogP contribution in [0.25, 0.3) is 0 Å². The van der Waals surface area contributed by atoms with Crippen LogP contribution in [0.4, 0.5) is 0 Å². The smallest absolute Gasteiger partial charge is 0.138 e. The number of rotatable bonds is 11. The van der Waals surface area contributed by atoms with Gasteiger partial charge in [0, 0.05) is 31.1 Å². The van der Waals surface area contributed by atoms with E-state index in [1.54, 1.807) is 0 Å². The molecule has 0 aromatic heterocycles. The van der Waals surface area contributed by atoms with E-state index >= 15 is 0 Å². The number of carbonyl (C=O) groups excluding carboxylic acids is 1. The SMILES string of the molecule is CC(C)COCCC(C(S)NC(C)C)C(C)C(=O)C(C)C. The third-order valence-corrected chi connectivity index (χ3v) is 4.15. The molecule has 0 saturated heterocycles. The molecule has 3 unspecified atom stereocenters. The van der Waals surface area contributed by atoms with Gasteiger partial charge in [0.25, 0.3) is 0 Å². The summed E-state index contributed by atoms with van der Waals surface area (Å²) >= 11 is 4.69. The van der Waals surface area contributed by atoms with Gasteiger partial charge in [0.15, 0.2) is 0 Å². The zero-order valence-electron chi connectivity index (χ0n) is 14.8. The first-order valence-corrected chi connectivity index (χ1v) is 8.74. The highest BCUT2D eigenvalue weighted by Gasteiger charge is 2.30. The van der Waals surface area contributed by atoms with Gasteiger partial charge in [0.2, 0.25) is 0 Å². The van der Waals surface area contributed by atoms with Crippen molar-refractivity contribution in [1.29, 1.82) is 0 Å². The Bertz CT molecular complexity index is 293. The Morgan fingerprint density at radius 3 is 2.10 bits per heavy atom. The summed E-state index contributed by atoms with van der Waals surface area (Å²) in [7, 11) is 0. The summed E-state index contributed by atoms with van der Waals surface area (Å²) in [6.07, 6.45) is 0.861. The second-order valence-corrected chi connectivity index (χ2v) is 7.59. The van der Waals surface area contributed by atoms with Gasteiger partial charge in [-0.25, -0.2) is 0 Å². The van der Waals surface area contributed by atoms with Crippen molar-refractivity contribution in [2.75, 3.05) is 13.2 Å². The summed E-state index contributed by atoms with van der Waals surface area (Å²) in [5.74, 6) is 1.12. The maximum absolute atomic E-state index is 12.3. The van der Waals surface area contributed by atoms with Gasteiger partial charge in [-0.2, -0.15) is 12.6 Å². The van der Waals surface area contributed by atoms with E-state index in [0.717, 1.165) is 13.0 Å². The summed E-state index contributed by atoms with van der Waals surface area (Å²) in [6.45, 7) is 15.9. The van der Waals surface area contributed by atoms with Gasteiger partial charge in [-0.3, -0.25) is 4.79 Å². The molecular formula is C17H35NO2S. The summed E-state index contributed by atoms with van der Waals surface area (Å²) in [6, 6.07) is 0.355. The maximum atomic E-state index is 12.3. The molecule has 0 heterocycles. The van der Waals surface area contributed by atoms with Crippen LogP contribution in [0, 0.1) is 23.7 Å². The molecule has 1 N–H and O–H groups in total. The second-order valence-electron chi connectivity index (χ2n) is 7.03. The minimum Gasteiger partial charge on any atom is -0.381 e. The molecule has 3 nitrogen and oxygen atoms in total. The van der Waals surface area contributed by atoms with E-state index < -0.39 is 0 Å². The van der Waals surface area contributed by atoms with Crippen LogP contribution in [-0.4, -0.2) is 30.4 Å². The standard InChI is InChI=1S/C17H35NO2S/c1-11(2)10-20-9-8-15(17(21)18-13(5)6)14(7)16(19)12(3)4/h11-15,17-18,21H,8-10H2,1-7H3. The molecule has 126 valence electrons. The van der Waals surface area contributed by atoms with Crippen molar-refractivity contribution in [3.8, 4) is 0 Å². The van der Waals surface area contributed by atoms with Crippen molar-refractivity contribution < 1.29 is 9.53 Å². The summed E-state index contributed by atoms with van der Waals surface area (Å²) in [4.78, 5) is 12.3. The predicted octanol–water partition coefficient (Wildman–Crippen LogP) is 3.78. The Morgan fingerprint density at radius 1 is 1.10 bits per heavy atom. The van der Waals surface area contributed by atoms with E-state index in [1.165, 1.54) is 0 Å². The lowest BCUT2D eigenvalue weighted by atomic mass is 9.83. The minimum absolute atomic E-state index is 0.00130. The van der Waals surface area contributed by atoms with Crippen molar-refractivity contribution in [3.05, 3.63) is 0 Å². The molecule has 0 radical (unpaired) electrons. The third kappa shape index (κ3) is 8.84. The fourth-order valence-corrected chi connectivity index (χ4v) is 3.13. The van der Waals surface area contributed by atoms with Gasteiger partial charge in [-0.05, 0) is 32.1 Å². The molecule has 0 aromatic rings. The first-order valence-electron chi connectivity index (χ1n) is 8.22. The van der Waals surface area contributed by atoms with Gasteiger partial charge in [0.05, 0.1) is 5.37 Å². The van der Waals surface area contributed by atoms with Crippen molar-refractivity contribution in [1.82, 2.24) is 5.32 Å². The van der Waals surface area contributed by atoms with Crippen molar-refractivity contribution in [2.24, 2.45) is 23.7 Å². The molecule has 0 aromatic carbocycles. The van der Waals surface area contributed by atoms with Crippen LogP contribution >= 0.6 is 12.6 Å². The van der Waals surface area contributed by atoms with Crippen molar-refractivity contribution >= 4 is 18.4 Å². The highest BCUT2D eigenvalue weighted by Crippen LogP contribution is 2.26. The van der Waals surface area contributed by atoms with E-state index in [-0.39, 0.29) is 23.1 Å². The topological polar surface area (TPSA) is 38.3 Å². The van der Waals surface area contributed by atoms with Crippen molar-refractivity contribution in [2.45, 2.75) is 66.3 Å². The number of carbonyl (C=O) groups is 1. The Hall–Kier alpha value is -0.0600. The van der Waals surface area contributed by atoms with Crippen LogP contribution in [0.1, 0.15) is 54.9 Å². The summed E-state index contributed by atoms with van der Waals surface area (Å²) in [5.41, 5.74) is 0. The Morgan fingerprint density at radius 2 is 1.67 bits per heavy atom. The van der Waals surface area contributed by atoms with Crippen LogP contribution in [0.5, 0.6) is 0 Å². The maximum Gasteiger partial charge on any atom is 0.138 e. The fraction of sp³-hybridized carbons (Fsp3) is 0.941. The Balaban J connectivity index is 4.64. The lowest BCUT2D eigenvalue weighted by Gasteiger charge is -2.31. The minimum atomic E-state index is 0.00130. The molecule has 0 spiro atoms. The molecule has 0 amide bonds. The first kappa shape index (κ1) is 20.9. The zero-order valence-corrected chi connectivity index (χ0v) is 15.7. The average molecular weight is 318 g/mol. The van der Waals surface area contributed by atoms with E-state index in [4.69, 9.17) is 17.4 Å². The summed E-state index contributed by atoms with van der Waals surface area (Å²) in [5, 5.41) is 3.44. The number of Topliss-reactive ketones (excluding diaryl/α,β-unsaturated/α-hetero) is 1. The van der Waals surface area contributed by atoms with Gasteiger partial charge < -0.3 is 10.1 Å². The highest BCUT2D eigenvalue weighted by atomic mass is 32.1. The number of nitrogens with one attached hydrogen (secondary N) is 1. The van der Waals surface area contributed by atoms with Crippen LogP contribution in [-0.2, 0) is 9.53 Å². The number of ketones is 1. The highest BCUT2D eigenvalue weighted by molar-refractivity contribution is 7.80. The molecule has 0 aliphatic heterocycles. The third-order valence-electron chi connectivity index (χ3n) is 3.62. The molecular weight excluding hydrogens is 282 g/mol. The number of ether oxygens (including phenoxy) is 1. The Kier molecular flexibility index (Phi) is 10.6. The van der Waals surface area contributed by atoms with Crippen LogP contribution in [0.15, 0.2) is 0 Å². The molecule has 4 heteroatoms. The molecule has 3 atom stereocenters. The normalized spacial score (nSPS) is 16.5. The van der Waals surface area contributed by atoms with Gasteiger partial charge >= 0.3 is 0 Å². The van der Waals surface area contributed by atoms with Gasteiger partial charge in [-0.15, -0.1) is 0 Å². The van der Waals surface area contributed by atoms with Crippen LogP contribution < -0.4 is 5.32 Å². The van der Waals surface area contributed by atoms with E-state index in [0.29, 0.717) is 24.3 Å². The molecule has 0 fully saturated rings. The lowest BCUT2D eigenvalue weighted by molar-refractivity contribution is -0.127. The van der Waals surface area contributed by atoms with Gasteiger partial charge in [-0.1, -0.05) is 34.6 Å². The monoisotopic (exact) mass is 317 g/mol. The summed E-state index contributed by atoms with van der Waals surface area (Å²) < 4.78 is 5.70. The molecule has 0 saturated carbocycles. The van der Waals surface area contributed by atoms with E-state index in [2.05, 4.69) is 33.0 Å². The van der Waals surface area contributed by atoms with E-state index in [9.17, 15) is 4.79 Å². The quantitative estimate of drug-likeness (QED) is 0.346. The van der Waals surface area contributed by atoms with Crippen LogP contribution in [0.2, 0.25) is 0 Å². The molecule has 0 aliphatic carbocycles. The molecule has 0 rings (SSSR count). The van der Waals surface area contributed by atoms with Gasteiger partial charge in [0.1, 0.15) is 5.78 Å². The van der Waals surface area contributed by atoms with Crippen molar-refractivity contribution in [3.63, 3.8) is 0 Å². The second kappa shape index (κ2) is 10.6. The Labute approximate surface area is 137 Å². The molecule has 0 bridgehead atoms. The predicted molar refractivity (Wildman–Crippen MR) is 93.8 cm³/mol. The average Bonchev–Trinajstić information content (AvgIpc) is 2.35. The lowest BCUT2D eigenvalue weighted by Crippen LogP contribution is -2.42. The van der Waals surface area contributed by atoms with E-state index in [1.807, 2.05) is 20.8 Å². The first-order chi connectivity index (χ1) is 9.66. The molecule has 21 heavy (non-hydrogen) atoms. The number of hydrogen-bond acceptors (Lipinski definition) is 4.